The highest BCUT2D eigenvalue weighted by atomic mass is 35.5. The van der Waals surface area contributed by atoms with E-state index >= 15 is 0 Å². The van der Waals surface area contributed by atoms with Crippen molar-refractivity contribution in [2.24, 2.45) is 17.3 Å². The van der Waals surface area contributed by atoms with Gasteiger partial charge in [-0.1, -0.05) is 12.1 Å². The van der Waals surface area contributed by atoms with Crippen LogP contribution in [0, 0.1) is 17.3 Å². The molecule has 0 heterocycles. The first-order valence-electron chi connectivity index (χ1n) is 8.42. The SMILES string of the molecule is O=C(Nc1ccccc1OC(F)F)C12C[C@@H]3C[C@@H](CC(Cl)(C3)C1)C2. The van der Waals surface area contributed by atoms with E-state index in [1.807, 2.05) is 0 Å². The third-order valence-corrected chi connectivity index (χ3v) is 6.26. The van der Waals surface area contributed by atoms with Crippen molar-refractivity contribution in [2.45, 2.75) is 50.0 Å². The number of ether oxygens (including phenoxy) is 1. The van der Waals surface area contributed by atoms with Gasteiger partial charge >= 0.3 is 6.61 Å². The van der Waals surface area contributed by atoms with Crippen LogP contribution < -0.4 is 10.1 Å². The fourth-order valence-electron chi connectivity index (χ4n) is 5.44. The van der Waals surface area contributed by atoms with Gasteiger partial charge in [0.25, 0.3) is 0 Å². The number of nitrogens with one attached hydrogen (secondary N) is 1. The van der Waals surface area contributed by atoms with E-state index in [0.717, 1.165) is 32.1 Å². The summed E-state index contributed by atoms with van der Waals surface area (Å²) in [6.45, 7) is -2.92. The molecule has 24 heavy (non-hydrogen) atoms. The summed E-state index contributed by atoms with van der Waals surface area (Å²) in [4.78, 5) is 12.8. The van der Waals surface area contributed by atoms with E-state index in [1.165, 1.54) is 6.07 Å². The van der Waals surface area contributed by atoms with E-state index in [4.69, 9.17) is 11.6 Å². The van der Waals surface area contributed by atoms with Gasteiger partial charge in [-0.05, 0) is 62.5 Å². The Kier molecular flexibility index (Phi) is 3.75. The number of hydrogen-bond acceptors (Lipinski definition) is 2. The summed E-state index contributed by atoms with van der Waals surface area (Å²) in [5.74, 6) is 0.891. The van der Waals surface area contributed by atoms with Crippen molar-refractivity contribution < 1.29 is 18.3 Å². The van der Waals surface area contributed by atoms with Crippen molar-refractivity contribution in [3.05, 3.63) is 24.3 Å². The number of alkyl halides is 3. The second-order valence-electron chi connectivity index (χ2n) is 7.72. The Morgan fingerprint density at radius 1 is 1.21 bits per heavy atom. The maximum atomic E-state index is 13.0. The van der Waals surface area contributed by atoms with Crippen LogP contribution in [-0.4, -0.2) is 17.4 Å². The van der Waals surface area contributed by atoms with Gasteiger partial charge in [-0.3, -0.25) is 4.79 Å². The van der Waals surface area contributed by atoms with Gasteiger partial charge < -0.3 is 10.1 Å². The molecule has 5 rings (SSSR count). The minimum Gasteiger partial charge on any atom is -0.433 e. The van der Waals surface area contributed by atoms with E-state index in [9.17, 15) is 13.6 Å². The quantitative estimate of drug-likeness (QED) is 0.787. The van der Waals surface area contributed by atoms with Crippen LogP contribution in [0.25, 0.3) is 0 Å². The molecular weight excluding hydrogens is 336 g/mol. The van der Waals surface area contributed by atoms with Gasteiger partial charge in [0.1, 0.15) is 5.75 Å². The largest absolute Gasteiger partial charge is 0.433 e. The second kappa shape index (κ2) is 5.58. The van der Waals surface area contributed by atoms with Crippen molar-refractivity contribution in [2.75, 3.05) is 5.32 Å². The minimum absolute atomic E-state index is 0.00818. The summed E-state index contributed by atoms with van der Waals surface area (Å²) in [5, 5.41) is 2.83. The van der Waals surface area contributed by atoms with Crippen molar-refractivity contribution in [3.63, 3.8) is 0 Å². The van der Waals surface area contributed by atoms with Crippen LogP contribution in [0.4, 0.5) is 14.5 Å². The molecule has 0 radical (unpaired) electrons. The Hall–Kier alpha value is -1.36. The molecule has 1 aromatic carbocycles. The molecule has 4 fully saturated rings. The highest BCUT2D eigenvalue weighted by molar-refractivity contribution is 6.24. The molecule has 0 aliphatic heterocycles. The van der Waals surface area contributed by atoms with E-state index in [2.05, 4.69) is 10.1 Å². The zero-order chi connectivity index (χ0) is 16.9. The summed E-state index contributed by atoms with van der Waals surface area (Å²) < 4.78 is 29.6. The highest BCUT2D eigenvalue weighted by Crippen LogP contribution is 2.64. The molecular formula is C18H20ClF2NO2. The maximum absolute atomic E-state index is 13.0. The molecule has 1 aromatic rings. The topological polar surface area (TPSA) is 38.3 Å². The Labute approximate surface area is 144 Å². The molecule has 6 heteroatoms. The smallest absolute Gasteiger partial charge is 0.387 e. The molecule has 0 saturated heterocycles. The number of carbonyl (C=O) groups excluding carboxylic acids is 1. The van der Waals surface area contributed by atoms with Crippen molar-refractivity contribution in [1.82, 2.24) is 0 Å². The minimum atomic E-state index is -2.92. The standard InChI is InChI=1S/C18H20ClF2NO2/c19-18-8-11-5-12(9-18)7-17(6-11,10-18)15(23)22-13-3-1-2-4-14(13)24-16(20)21/h1-4,11-12,16H,5-10H2,(H,22,23)/t11-,12+,17?,18?. The van der Waals surface area contributed by atoms with Gasteiger partial charge in [-0.15, -0.1) is 11.6 Å². The Morgan fingerprint density at radius 3 is 2.50 bits per heavy atom. The molecule has 0 aromatic heterocycles. The molecule has 4 bridgehead atoms. The molecule has 4 aliphatic rings. The molecule has 0 spiro atoms. The number of hydrogen-bond donors (Lipinski definition) is 1. The third-order valence-electron chi connectivity index (χ3n) is 5.82. The van der Waals surface area contributed by atoms with Crippen molar-refractivity contribution in [3.8, 4) is 5.75 Å². The fourth-order valence-corrected chi connectivity index (χ4v) is 6.13. The highest BCUT2D eigenvalue weighted by Gasteiger charge is 2.60. The lowest BCUT2D eigenvalue weighted by atomic mass is 9.49. The predicted molar refractivity (Wildman–Crippen MR) is 87.4 cm³/mol. The summed E-state index contributed by atoms with van der Waals surface area (Å²) in [6.07, 6.45) is 5.52. The molecule has 1 amide bonds. The summed E-state index contributed by atoms with van der Waals surface area (Å²) in [6, 6.07) is 6.32. The average Bonchev–Trinajstić information content (AvgIpc) is 2.46. The van der Waals surface area contributed by atoms with Crippen LogP contribution in [0.15, 0.2) is 24.3 Å². The van der Waals surface area contributed by atoms with Crippen molar-refractivity contribution >= 4 is 23.2 Å². The normalized spacial score (nSPS) is 36.8. The van der Waals surface area contributed by atoms with Crippen LogP contribution >= 0.6 is 11.6 Å². The van der Waals surface area contributed by atoms with Crippen LogP contribution in [0.1, 0.15) is 38.5 Å². The number of amides is 1. The number of para-hydroxylation sites is 2. The lowest BCUT2D eigenvalue weighted by molar-refractivity contribution is -0.138. The Balaban J connectivity index is 1.57. The number of anilines is 1. The maximum Gasteiger partial charge on any atom is 0.387 e. The first-order chi connectivity index (χ1) is 11.4. The van der Waals surface area contributed by atoms with Gasteiger partial charge in [-0.2, -0.15) is 8.78 Å². The Bertz CT molecular complexity index is 652. The Morgan fingerprint density at radius 2 is 1.88 bits per heavy atom. The number of halogens is 3. The van der Waals surface area contributed by atoms with Gasteiger partial charge in [0.15, 0.2) is 0 Å². The van der Waals surface area contributed by atoms with Gasteiger partial charge in [0.2, 0.25) is 5.91 Å². The first-order valence-corrected chi connectivity index (χ1v) is 8.80. The van der Waals surface area contributed by atoms with Crippen molar-refractivity contribution in [1.29, 1.82) is 0 Å². The monoisotopic (exact) mass is 355 g/mol. The van der Waals surface area contributed by atoms with E-state index in [0.29, 0.717) is 23.9 Å². The number of rotatable bonds is 4. The number of benzene rings is 1. The van der Waals surface area contributed by atoms with Gasteiger partial charge in [0.05, 0.1) is 11.1 Å². The van der Waals surface area contributed by atoms with E-state index in [-0.39, 0.29) is 16.5 Å². The van der Waals surface area contributed by atoms with E-state index < -0.39 is 12.0 Å². The lowest BCUT2D eigenvalue weighted by Gasteiger charge is -2.59. The van der Waals surface area contributed by atoms with Gasteiger partial charge in [-0.25, -0.2) is 0 Å². The van der Waals surface area contributed by atoms with Crippen LogP contribution in [0.3, 0.4) is 0 Å². The number of carbonyl (C=O) groups is 1. The van der Waals surface area contributed by atoms with Crippen LogP contribution in [-0.2, 0) is 4.79 Å². The summed E-state index contributed by atoms with van der Waals surface area (Å²) in [5.41, 5.74) is -0.175. The molecule has 1 N–H and O–H groups in total. The third kappa shape index (κ3) is 2.77. The first kappa shape index (κ1) is 16.1. The molecule has 130 valence electrons. The molecule has 2 unspecified atom stereocenters. The zero-order valence-corrected chi connectivity index (χ0v) is 14.0. The lowest BCUT2D eigenvalue weighted by Crippen LogP contribution is -2.57. The molecule has 4 aliphatic carbocycles. The van der Waals surface area contributed by atoms with Gasteiger partial charge in [0, 0.05) is 4.87 Å². The summed E-state index contributed by atoms with van der Waals surface area (Å²) >= 11 is 6.76. The molecule has 3 nitrogen and oxygen atoms in total. The average molecular weight is 356 g/mol. The molecule has 4 saturated carbocycles. The van der Waals surface area contributed by atoms with E-state index in [1.54, 1.807) is 18.2 Å². The molecule has 4 atom stereocenters. The van der Waals surface area contributed by atoms with Crippen LogP contribution in [0.5, 0.6) is 5.75 Å². The summed E-state index contributed by atoms with van der Waals surface area (Å²) in [7, 11) is 0. The van der Waals surface area contributed by atoms with Crippen LogP contribution in [0.2, 0.25) is 0 Å². The fraction of sp³-hybridized carbons (Fsp3) is 0.611. The second-order valence-corrected chi connectivity index (χ2v) is 8.52. The predicted octanol–water partition coefficient (Wildman–Crippen LogP) is 4.80. The zero-order valence-electron chi connectivity index (χ0n) is 13.2.